The van der Waals surface area contributed by atoms with Gasteiger partial charge >= 0.3 is 0 Å². The molecule has 2 aliphatic carbocycles. The highest BCUT2D eigenvalue weighted by atomic mass is 35.5. The Bertz CT molecular complexity index is 1520. The van der Waals surface area contributed by atoms with Gasteiger partial charge in [-0.1, -0.05) is 29.8 Å². The summed E-state index contributed by atoms with van der Waals surface area (Å²) in [6.07, 6.45) is 7.08. The summed E-state index contributed by atoms with van der Waals surface area (Å²) in [6, 6.07) is 10.9. The fraction of sp³-hybridized carbons (Fsp3) is 0.531. The van der Waals surface area contributed by atoms with Crippen LogP contribution in [-0.4, -0.2) is 56.9 Å². The number of nitrogens with zero attached hydrogens (tertiary/aromatic N) is 1. The van der Waals surface area contributed by atoms with Crippen LogP contribution < -0.4 is 14.4 Å². The molecule has 42 heavy (non-hydrogen) atoms. The molecule has 2 aromatic rings. The predicted molar refractivity (Wildman–Crippen MR) is 162 cm³/mol. The van der Waals surface area contributed by atoms with Gasteiger partial charge in [-0.05, 0) is 106 Å². The van der Waals surface area contributed by atoms with Gasteiger partial charge in [0.2, 0.25) is 0 Å². The van der Waals surface area contributed by atoms with Gasteiger partial charge in [-0.3, -0.25) is 4.79 Å². The highest BCUT2D eigenvalue weighted by Crippen LogP contribution is 2.47. The number of hydrogen-bond donors (Lipinski definition) is 2. The van der Waals surface area contributed by atoms with Gasteiger partial charge in [0.05, 0.1) is 29.4 Å². The molecule has 1 saturated carbocycles. The SMILES string of the molecule is CC1/C=C\[C@H](O)[C@@H]2CC[C@H]2CN2C[C@@]3(CCCc4cc(Cl)ccc43)COc3ccc(cc32)S(=O)(=O)NC(=O)C(C)(C)O1. The van der Waals surface area contributed by atoms with Crippen LogP contribution in [0.2, 0.25) is 5.02 Å². The molecule has 10 heteroatoms. The zero-order valence-electron chi connectivity index (χ0n) is 24.3. The van der Waals surface area contributed by atoms with E-state index in [0.717, 1.165) is 32.1 Å². The van der Waals surface area contributed by atoms with Crippen LogP contribution in [0.1, 0.15) is 57.6 Å². The van der Waals surface area contributed by atoms with Gasteiger partial charge < -0.3 is 19.5 Å². The Hall–Kier alpha value is -2.59. The maximum atomic E-state index is 13.5. The smallest absolute Gasteiger partial charge is 0.265 e. The molecule has 2 aromatic carbocycles. The Morgan fingerprint density at radius 1 is 1.12 bits per heavy atom. The lowest BCUT2D eigenvalue weighted by Crippen LogP contribution is -2.49. The Labute approximate surface area is 253 Å². The largest absolute Gasteiger partial charge is 0.490 e. The van der Waals surface area contributed by atoms with Crippen LogP contribution in [-0.2, 0) is 31.4 Å². The Balaban J connectivity index is 1.44. The minimum Gasteiger partial charge on any atom is -0.490 e. The number of carbonyl (C=O) groups is 1. The Morgan fingerprint density at radius 3 is 2.69 bits per heavy atom. The van der Waals surface area contributed by atoms with E-state index in [1.54, 1.807) is 31.2 Å². The van der Waals surface area contributed by atoms with Gasteiger partial charge in [0.15, 0.2) is 0 Å². The second-order valence-corrected chi connectivity index (χ2v) is 15.0. The van der Waals surface area contributed by atoms with E-state index < -0.39 is 33.7 Å². The van der Waals surface area contributed by atoms with Crippen molar-refractivity contribution < 1.29 is 27.8 Å². The fourth-order valence-corrected chi connectivity index (χ4v) is 8.41. The number of hydrogen-bond acceptors (Lipinski definition) is 7. The minimum atomic E-state index is -4.20. The van der Waals surface area contributed by atoms with Crippen LogP contribution in [0, 0.1) is 11.8 Å². The van der Waals surface area contributed by atoms with Crippen molar-refractivity contribution in [2.45, 2.75) is 81.0 Å². The summed E-state index contributed by atoms with van der Waals surface area (Å²) in [5.74, 6) is 0.106. The maximum Gasteiger partial charge on any atom is 0.265 e. The number of ether oxygens (including phenoxy) is 2. The average Bonchev–Trinajstić information content (AvgIpc) is 3.06. The van der Waals surface area contributed by atoms with E-state index >= 15 is 0 Å². The maximum absolute atomic E-state index is 13.5. The van der Waals surface area contributed by atoms with Crippen LogP contribution >= 0.6 is 11.6 Å². The highest BCUT2D eigenvalue weighted by Gasteiger charge is 2.44. The summed E-state index contributed by atoms with van der Waals surface area (Å²) in [7, 11) is -4.20. The van der Waals surface area contributed by atoms with Crippen LogP contribution in [0.25, 0.3) is 0 Å². The summed E-state index contributed by atoms with van der Waals surface area (Å²) < 4.78 is 41.6. The number of halogens is 1. The third kappa shape index (κ3) is 5.45. The van der Waals surface area contributed by atoms with Crippen molar-refractivity contribution in [1.29, 1.82) is 0 Å². The van der Waals surface area contributed by atoms with Crippen LogP contribution in [0.4, 0.5) is 5.69 Å². The number of amides is 1. The number of benzene rings is 2. The van der Waals surface area contributed by atoms with E-state index in [1.807, 2.05) is 6.07 Å². The van der Waals surface area contributed by atoms with Crippen molar-refractivity contribution >= 4 is 33.2 Å². The molecule has 2 aliphatic heterocycles. The number of aryl methyl sites for hydroxylation is 1. The first-order chi connectivity index (χ1) is 19.9. The third-order valence-corrected chi connectivity index (χ3v) is 11.1. The molecule has 0 radical (unpaired) electrons. The first-order valence-electron chi connectivity index (χ1n) is 14.8. The van der Waals surface area contributed by atoms with E-state index in [2.05, 4.69) is 21.8 Å². The van der Waals surface area contributed by atoms with E-state index in [0.29, 0.717) is 36.2 Å². The highest BCUT2D eigenvalue weighted by molar-refractivity contribution is 7.90. The van der Waals surface area contributed by atoms with Crippen molar-refractivity contribution in [3.05, 3.63) is 64.7 Å². The van der Waals surface area contributed by atoms with Crippen LogP contribution in [0.3, 0.4) is 0 Å². The zero-order valence-corrected chi connectivity index (χ0v) is 25.9. The average molecular weight is 615 g/mol. The van der Waals surface area contributed by atoms with Crippen molar-refractivity contribution in [3.63, 3.8) is 0 Å². The lowest BCUT2D eigenvalue weighted by molar-refractivity contribution is -0.144. The number of sulfonamides is 1. The number of nitrogens with one attached hydrogen (secondary N) is 1. The minimum absolute atomic E-state index is 0.0176. The normalized spacial score (nSPS) is 32.8. The molecule has 226 valence electrons. The molecule has 4 aliphatic rings. The molecule has 1 amide bonds. The lowest BCUT2D eigenvalue weighted by atomic mass is 9.68. The van der Waals surface area contributed by atoms with Crippen LogP contribution in [0.15, 0.2) is 53.4 Å². The molecule has 2 heterocycles. The molecule has 1 spiro atoms. The van der Waals surface area contributed by atoms with Gasteiger partial charge in [0, 0.05) is 23.5 Å². The second kappa shape index (κ2) is 10.8. The molecular formula is C32H39ClN2O6S. The first-order valence-corrected chi connectivity index (χ1v) is 16.7. The molecule has 8 nitrogen and oxygen atoms in total. The molecule has 1 unspecified atom stereocenters. The fourth-order valence-electron chi connectivity index (χ4n) is 7.09. The molecule has 6 rings (SSSR count). The van der Waals surface area contributed by atoms with Crippen molar-refractivity contribution in [3.8, 4) is 5.75 Å². The molecule has 2 N–H and O–H groups in total. The predicted octanol–water partition coefficient (Wildman–Crippen LogP) is 4.76. The first kappa shape index (κ1) is 29.5. The standard InChI is InChI=1S/C32H39ClN2O6S/c1-20-6-12-28(36)25-10-7-22(25)17-35-18-32(14-4-5-21-15-23(33)8-11-26(21)32)19-40-29-13-9-24(16-27(29)35)42(38,39)34-30(37)31(2,3)41-20/h6,8-9,11-13,15-16,20,22,25,28,36H,4-5,7,10,14,17-19H2,1-3H3,(H,34,37)/b12-6-/t20?,22-,25+,28-,32-/m0/s1. The number of fused-ring (bicyclic) bond motifs is 4. The van der Waals surface area contributed by atoms with E-state index in [-0.39, 0.29) is 22.1 Å². The summed E-state index contributed by atoms with van der Waals surface area (Å²) >= 11 is 6.38. The second-order valence-electron chi connectivity index (χ2n) is 12.9. The Kier molecular flexibility index (Phi) is 7.61. The van der Waals surface area contributed by atoms with E-state index in [4.69, 9.17) is 21.1 Å². The van der Waals surface area contributed by atoms with E-state index in [1.165, 1.54) is 31.0 Å². The number of anilines is 1. The topological polar surface area (TPSA) is 105 Å². The molecule has 2 bridgehead atoms. The molecule has 0 saturated heterocycles. The number of carbonyl (C=O) groups excluding carboxylic acids is 1. The summed E-state index contributed by atoms with van der Waals surface area (Å²) in [6.45, 7) is 6.57. The van der Waals surface area contributed by atoms with Crippen LogP contribution in [0.5, 0.6) is 5.75 Å². The summed E-state index contributed by atoms with van der Waals surface area (Å²) in [4.78, 5) is 15.4. The van der Waals surface area contributed by atoms with Crippen molar-refractivity contribution in [2.24, 2.45) is 11.8 Å². The van der Waals surface area contributed by atoms with Crippen molar-refractivity contribution in [2.75, 3.05) is 24.6 Å². The Morgan fingerprint density at radius 2 is 1.93 bits per heavy atom. The van der Waals surface area contributed by atoms with Gasteiger partial charge in [-0.2, -0.15) is 0 Å². The number of aliphatic hydroxyl groups is 1. The summed E-state index contributed by atoms with van der Waals surface area (Å²) in [5, 5.41) is 11.9. The lowest BCUT2D eigenvalue weighted by Gasteiger charge is -2.45. The van der Waals surface area contributed by atoms with Gasteiger partial charge in [-0.25, -0.2) is 13.1 Å². The molecular weight excluding hydrogens is 576 g/mol. The molecule has 1 fully saturated rings. The zero-order chi connectivity index (χ0) is 29.9. The quantitative estimate of drug-likeness (QED) is 0.412. The van der Waals surface area contributed by atoms with Gasteiger partial charge in [0.1, 0.15) is 11.4 Å². The number of rotatable bonds is 0. The third-order valence-electron chi connectivity index (χ3n) is 9.52. The number of aliphatic hydroxyl groups excluding tert-OH is 1. The monoisotopic (exact) mass is 614 g/mol. The molecule has 0 aromatic heterocycles. The van der Waals surface area contributed by atoms with Gasteiger partial charge in [0.25, 0.3) is 15.9 Å². The van der Waals surface area contributed by atoms with E-state index in [9.17, 15) is 18.3 Å². The van der Waals surface area contributed by atoms with Crippen molar-refractivity contribution in [1.82, 2.24) is 4.72 Å². The van der Waals surface area contributed by atoms with Gasteiger partial charge in [-0.15, -0.1) is 0 Å². The molecule has 5 atom stereocenters. The summed E-state index contributed by atoms with van der Waals surface area (Å²) in [5.41, 5.74) is 1.39.